The average Bonchev–Trinajstić information content (AvgIpc) is 2.73. The first-order valence-electron chi connectivity index (χ1n) is 6.78. The number of benzene rings is 1. The van der Waals surface area contributed by atoms with E-state index < -0.39 is 34.3 Å². The summed E-state index contributed by atoms with van der Waals surface area (Å²) in [6.07, 6.45) is 0. The summed E-state index contributed by atoms with van der Waals surface area (Å²) in [7, 11) is 0. The van der Waals surface area contributed by atoms with Crippen LogP contribution in [0.1, 0.15) is 41.5 Å². The molecule has 0 radical (unpaired) electrons. The van der Waals surface area contributed by atoms with Gasteiger partial charge in [-0.05, 0) is 41.5 Å². The second kappa shape index (κ2) is 4.52. The van der Waals surface area contributed by atoms with Gasteiger partial charge in [-0.3, -0.25) is 0 Å². The van der Waals surface area contributed by atoms with Gasteiger partial charge in [0.05, 0.1) is 6.67 Å². The number of hydrogen-bond donors (Lipinski definition) is 0. The predicted octanol–water partition coefficient (Wildman–Crippen LogP) is 4.42. The summed E-state index contributed by atoms with van der Waals surface area (Å²) in [5.74, 6) is -6.22. The van der Waals surface area contributed by atoms with Crippen LogP contribution in [0.3, 0.4) is 0 Å². The van der Waals surface area contributed by atoms with Crippen LogP contribution >= 0.6 is 0 Å². The van der Waals surface area contributed by atoms with Crippen molar-refractivity contribution in [1.29, 1.82) is 0 Å². The Labute approximate surface area is 122 Å². The molecule has 0 amide bonds. The summed E-state index contributed by atoms with van der Waals surface area (Å²) < 4.78 is 55.7. The fraction of sp³-hybridized carbons (Fsp3) is 0.600. The molecule has 0 spiro atoms. The highest BCUT2D eigenvalue weighted by Gasteiger charge is 2.44. The van der Waals surface area contributed by atoms with Crippen LogP contribution < -0.4 is 9.80 Å². The molecule has 21 heavy (non-hydrogen) atoms. The Morgan fingerprint density at radius 1 is 0.619 bits per heavy atom. The zero-order valence-corrected chi connectivity index (χ0v) is 13.1. The first-order chi connectivity index (χ1) is 9.37. The molecule has 0 fully saturated rings. The maximum absolute atomic E-state index is 14.2. The molecule has 6 heteroatoms. The lowest BCUT2D eigenvalue weighted by molar-refractivity contribution is 0.408. The highest BCUT2D eigenvalue weighted by molar-refractivity contribution is 5.79. The molecule has 0 atom stereocenters. The van der Waals surface area contributed by atoms with Crippen molar-refractivity contribution in [3.8, 4) is 0 Å². The lowest BCUT2D eigenvalue weighted by Gasteiger charge is -2.38. The predicted molar refractivity (Wildman–Crippen MR) is 75.6 cm³/mol. The van der Waals surface area contributed by atoms with E-state index in [2.05, 4.69) is 0 Å². The molecule has 0 N–H and O–H groups in total. The SMILES string of the molecule is CC(C)(C)N1CN(C(C)(C)C)c2c(F)c(F)c(F)c(F)c21. The first kappa shape index (κ1) is 15.9. The number of fused-ring (bicyclic) bond motifs is 1. The molecule has 1 aliphatic rings. The van der Waals surface area contributed by atoms with Gasteiger partial charge in [-0.15, -0.1) is 0 Å². The minimum atomic E-state index is -1.77. The maximum atomic E-state index is 14.2. The van der Waals surface area contributed by atoms with Gasteiger partial charge in [0, 0.05) is 11.1 Å². The topological polar surface area (TPSA) is 6.48 Å². The van der Waals surface area contributed by atoms with Gasteiger partial charge in [-0.2, -0.15) is 0 Å². The van der Waals surface area contributed by atoms with Gasteiger partial charge in [-0.25, -0.2) is 17.6 Å². The summed E-state index contributed by atoms with van der Waals surface area (Å²) in [5, 5.41) is 0. The van der Waals surface area contributed by atoms with E-state index in [9.17, 15) is 17.6 Å². The Morgan fingerprint density at radius 3 is 1.14 bits per heavy atom. The standard InChI is InChI=1S/C15H20F4N2/c1-14(2,3)20-7-21(15(4,5)6)13-11(19)9(17)8(16)10(18)12(13)20/h7H2,1-6H3. The van der Waals surface area contributed by atoms with Crippen LogP contribution in [0.2, 0.25) is 0 Å². The molecule has 2 rings (SSSR count). The molecule has 1 aromatic carbocycles. The highest BCUT2D eigenvalue weighted by Crippen LogP contribution is 2.47. The van der Waals surface area contributed by atoms with Gasteiger partial charge >= 0.3 is 0 Å². The molecule has 1 heterocycles. The molecule has 0 aromatic heterocycles. The molecule has 0 aliphatic carbocycles. The van der Waals surface area contributed by atoms with Gasteiger partial charge in [0.25, 0.3) is 0 Å². The first-order valence-corrected chi connectivity index (χ1v) is 6.78. The minimum Gasteiger partial charge on any atom is -0.345 e. The second-order valence-corrected chi connectivity index (χ2v) is 7.29. The van der Waals surface area contributed by atoms with Crippen LogP contribution in [0, 0.1) is 23.3 Å². The molecular formula is C15H20F4N2. The van der Waals surface area contributed by atoms with Crippen molar-refractivity contribution in [2.45, 2.75) is 52.6 Å². The van der Waals surface area contributed by atoms with Crippen molar-refractivity contribution in [3.05, 3.63) is 23.3 Å². The van der Waals surface area contributed by atoms with Gasteiger partial charge in [-0.1, -0.05) is 0 Å². The van der Waals surface area contributed by atoms with Crippen LogP contribution in [-0.4, -0.2) is 17.7 Å². The van der Waals surface area contributed by atoms with Crippen molar-refractivity contribution in [3.63, 3.8) is 0 Å². The van der Waals surface area contributed by atoms with Crippen LogP contribution in [0.15, 0.2) is 0 Å². The van der Waals surface area contributed by atoms with Crippen molar-refractivity contribution < 1.29 is 17.6 Å². The highest BCUT2D eigenvalue weighted by atomic mass is 19.2. The summed E-state index contributed by atoms with van der Waals surface area (Å²) in [6, 6.07) is 0. The van der Waals surface area contributed by atoms with Crippen molar-refractivity contribution in [2.24, 2.45) is 0 Å². The molecule has 118 valence electrons. The summed E-state index contributed by atoms with van der Waals surface area (Å²) in [5.41, 5.74) is -1.55. The summed E-state index contributed by atoms with van der Waals surface area (Å²) in [6.45, 7) is 11.0. The van der Waals surface area contributed by atoms with Crippen LogP contribution in [0.5, 0.6) is 0 Å². The molecule has 0 bridgehead atoms. The van der Waals surface area contributed by atoms with Gasteiger partial charge in [0.1, 0.15) is 11.4 Å². The van der Waals surface area contributed by atoms with E-state index >= 15 is 0 Å². The Bertz CT molecular complexity index is 534. The van der Waals surface area contributed by atoms with Crippen LogP contribution in [0.25, 0.3) is 0 Å². The Balaban J connectivity index is 2.80. The normalized spacial score (nSPS) is 15.7. The number of anilines is 2. The van der Waals surface area contributed by atoms with Crippen molar-refractivity contribution in [1.82, 2.24) is 0 Å². The largest absolute Gasteiger partial charge is 0.345 e. The number of rotatable bonds is 0. The number of nitrogens with zero attached hydrogens (tertiary/aromatic N) is 2. The molecular weight excluding hydrogens is 284 g/mol. The van der Waals surface area contributed by atoms with E-state index in [1.165, 1.54) is 0 Å². The van der Waals surface area contributed by atoms with E-state index in [-0.39, 0.29) is 18.0 Å². The summed E-state index contributed by atoms with van der Waals surface area (Å²) >= 11 is 0. The van der Waals surface area contributed by atoms with Crippen molar-refractivity contribution >= 4 is 11.4 Å². The van der Waals surface area contributed by atoms with E-state index in [0.717, 1.165) is 0 Å². The molecule has 1 aliphatic heterocycles. The van der Waals surface area contributed by atoms with E-state index in [1.54, 1.807) is 9.80 Å². The molecule has 0 saturated heterocycles. The monoisotopic (exact) mass is 304 g/mol. The van der Waals surface area contributed by atoms with Crippen LogP contribution in [-0.2, 0) is 0 Å². The quantitative estimate of drug-likeness (QED) is 0.397. The third-order valence-corrected chi connectivity index (χ3v) is 3.66. The third-order valence-electron chi connectivity index (χ3n) is 3.66. The van der Waals surface area contributed by atoms with Crippen LogP contribution in [0.4, 0.5) is 28.9 Å². The van der Waals surface area contributed by atoms with Gasteiger partial charge in [0.2, 0.25) is 0 Å². The average molecular weight is 304 g/mol. The zero-order valence-electron chi connectivity index (χ0n) is 13.1. The van der Waals surface area contributed by atoms with Gasteiger partial charge < -0.3 is 9.80 Å². The van der Waals surface area contributed by atoms with E-state index in [4.69, 9.17) is 0 Å². The second-order valence-electron chi connectivity index (χ2n) is 7.29. The fourth-order valence-electron chi connectivity index (χ4n) is 2.48. The lowest BCUT2D eigenvalue weighted by Crippen LogP contribution is -2.49. The molecule has 0 saturated carbocycles. The molecule has 0 unspecified atom stereocenters. The molecule has 1 aromatic rings. The number of halogens is 4. The zero-order chi connectivity index (χ0) is 16.3. The number of hydrogen-bond acceptors (Lipinski definition) is 2. The van der Waals surface area contributed by atoms with E-state index in [1.807, 2.05) is 41.5 Å². The Kier molecular flexibility index (Phi) is 3.42. The lowest BCUT2D eigenvalue weighted by atomic mass is 10.0. The smallest absolute Gasteiger partial charge is 0.199 e. The van der Waals surface area contributed by atoms with E-state index in [0.29, 0.717) is 0 Å². The summed E-state index contributed by atoms with van der Waals surface area (Å²) in [4.78, 5) is 3.10. The van der Waals surface area contributed by atoms with Gasteiger partial charge in [0.15, 0.2) is 23.3 Å². The molecule has 2 nitrogen and oxygen atoms in total. The minimum absolute atomic E-state index is 0.166. The van der Waals surface area contributed by atoms with Crippen molar-refractivity contribution in [2.75, 3.05) is 16.5 Å². The Hall–Kier alpha value is -1.46. The fourth-order valence-corrected chi connectivity index (χ4v) is 2.48. The Morgan fingerprint density at radius 2 is 0.905 bits per heavy atom. The maximum Gasteiger partial charge on any atom is 0.199 e. The third kappa shape index (κ3) is 2.34.